The number of thiazole rings is 1. The molecule has 34 heavy (non-hydrogen) atoms. The Hall–Kier alpha value is -2.44. The molecule has 4 fully saturated rings. The Morgan fingerprint density at radius 1 is 1.09 bits per heavy atom. The largest absolute Gasteiger partial charge is 0.483 e. The summed E-state index contributed by atoms with van der Waals surface area (Å²) in [6.07, 6.45) is 7.61. The Bertz CT molecular complexity index is 1150. The van der Waals surface area contributed by atoms with Crippen molar-refractivity contribution in [2.75, 3.05) is 20.7 Å². The molecule has 1 N–H and O–H groups in total. The van der Waals surface area contributed by atoms with Gasteiger partial charge in [0.1, 0.15) is 10.8 Å². The minimum Gasteiger partial charge on any atom is -0.483 e. The van der Waals surface area contributed by atoms with Gasteiger partial charge < -0.3 is 15.0 Å². The second-order valence-electron chi connectivity index (χ2n) is 11.1. The van der Waals surface area contributed by atoms with E-state index in [0.29, 0.717) is 0 Å². The van der Waals surface area contributed by atoms with Gasteiger partial charge in [-0.1, -0.05) is 12.1 Å². The Morgan fingerprint density at radius 2 is 1.79 bits per heavy atom. The maximum absolute atomic E-state index is 13.0. The van der Waals surface area contributed by atoms with Crippen LogP contribution in [0.5, 0.6) is 5.75 Å². The van der Waals surface area contributed by atoms with E-state index in [1.165, 1.54) is 24.0 Å². The molecule has 6 heteroatoms. The number of amides is 1. The third-order valence-electron chi connectivity index (χ3n) is 7.89. The van der Waals surface area contributed by atoms with Gasteiger partial charge in [0.2, 0.25) is 0 Å². The summed E-state index contributed by atoms with van der Waals surface area (Å²) in [7, 11) is 4.10. The molecule has 4 aliphatic carbocycles. The molecule has 1 aromatic heterocycles. The highest BCUT2D eigenvalue weighted by Crippen LogP contribution is 2.55. The third kappa shape index (κ3) is 4.34. The maximum atomic E-state index is 13.0. The summed E-state index contributed by atoms with van der Waals surface area (Å²) >= 11 is 1.70. The van der Waals surface area contributed by atoms with Crippen LogP contribution >= 0.6 is 11.3 Å². The molecule has 1 amide bonds. The first-order chi connectivity index (χ1) is 16.4. The lowest BCUT2D eigenvalue weighted by molar-refractivity contribution is -0.128. The van der Waals surface area contributed by atoms with Crippen molar-refractivity contribution in [2.45, 2.75) is 50.6 Å². The van der Waals surface area contributed by atoms with E-state index in [2.05, 4.69) is 34.5 Å². The Morgan fingerprint density at radius 3 is 2.47 bits per heavy atom. The lowest BCUT2D eigenvalue weighted by Gasteiger charge is -2.56. The number of hydrogen-bond donors (Lipinski definition) is 1. The van der Waals surface area contributed by atoms with Gasteiger partial charge in [-0.05, 0) is 101 Å². The van der Waals surface area contributed by atoms with Crippen molar-refractivity contribution in [3.8, 4) is 16.3 Å². The Balaban J connectivity index is 1.17. The third-order valence-corrected chi connectivity index (χ3v) is 8.97. The molecule has 3 aromatic rings. The molecule has 0 unspecified atom stereocenters. The minimum atomic E-state index is 0.0213. The highest BCUT2D eigenvalue weighted by atomic mass is 32.1. The van der Waals surface area contributed by atoms with Crippen LogP contribution in [0.3, 0.4) is 0 Å². The lowest BCUT2D eigenvalue weighted by atomic mass is 9.53. The van der Waals surface area contributed by atoms with Crippen molar-refractivity contribution < 1.29 is 9.53 Å². The van der Waals surface area contributed by atoms with Gasteiger partial charge in [-0.15, -0.1) is 11.3 Å². The summed E-state index contributed by atoms with van der Waals surface area (Å²) in [5, 5.41) is 4.43. The van der Waals surface area contributed by atoms with Gasteiger partial charge in [-0.2, -0.15) is 0 Å². The monoisotopic (exact) mass is 475 g/mol. The molecule has 4 saturated carbocycles. The number of benzene rings is 2. The first kappa shape index (κ1) is 22.1. The first-order valence-electron chi connectivity index (χ1n) is 12.5. The number of fused-ring (bicyclic) bond motifs is 1. The summed E-state index contributed by atoms with van der Waals surface area (Å²) in [4.78, 5) is 19.9. The topological polar surface area (TPSA) is 54.5 Å². The smallest absolute Gasteiger partial charge is 0.258 e. The number of nitrogens with zero attached hydrogens (tertiary/aromatic N) is 2. The number of carbonyl (C=O) groups excluding carboxylic acids is 1. The fourth-order valence-corrected chi connectivity index (χ4v) is 8.01. The Labute approximate surface area is 205 Å². The highest BCUT2D eigenvalue weighted by Gasteiger charge is 2.51. The molecule has 0 atom stereocenters. The maximum Gasteiger partial charge on any atom is 0.258 e. The van der Waals surface area contributed by atoms with Crippen LogP contribution in [0.4, 0.5) is 0 Å². The van der Waals surface area contributed by atoms with Gasteiger partial charge in [-0.3, -0.25) is 4.79 Å². The van der Waals surface area contributed by atoms with Gasteiger partial charge >= 0.3 is 0 Å². The van der Waals surface area contributed by atoms with E-state index < -0.39 is 0 Å². The second kappa shape index (κ2) is 8.65. The van der Waals surface area contributed by atoms with Crippen LogP contribution in [-0.2, 0) is 11.3 Å². The van der Waals surface area contributed by atoms with Crippen molar-refractivity contribution in [3.05, 3.63) is 48.0 Å². The zero-order valence-electron chi connectivity index (χ0n) is 20.0. The zero-order valence-corrected chi connectivity index (χ0v) is 20.9. The van der Waals surface area contributed by atoms with Crippen LogP contribution in [0, 0.1) is 17.8 Å². The number of rotatable bonds is 7. The molecule has 1 heterocycles. The van der Waals surface area contributed by atoms with Crippen LogP contribution in [-0.4, -0.2) is 42.0 Å². The van der Waals surface area contributed by atoms with Gasteiger partial charge in [0, 0.05) is 23.2 Å². The quantitative estimate of drug-likeness (QED) is 0.491. The molecule has 4 aliphatic rings. The first-order valence-corrected chi connectivity index (χ1v) is 13.3. The van der Waals surface area contributed by atoms with Crippen LogP contribution in [0.2, 0.25) is 0 Å². The molecule has 0 aliphatic heterocycles. The predicted octanol–water partition coefficient (Wildman–Crippen LogP) is 5.49. The standard InChI is InChI=1S/C28H33N3O2S/c1-31(2)16-22-12-21(27-29-23-5-3-4-6-25(23)34-27)7-8-24(22)33-17-26(32)30-28-13-18-9-19(14-28)11-20(10-18)15-28/h3-8,12,18-20H,9-11,13-17H2,1-2H3,(H,30,32). The van der Waals surface area contributed by atoms with Gasteiger partial charge in [0.25, 0.3) is 5.91 Å². The van der Waals surface area contributed by atoms with E-state index in [4.69, 9.17) is 9.72 Å². The van der Waals surface area contributed by atoms with Crippen LogP contribution in [0.25, 0.3) is 20.8 Å². The average molecular weight is 476 g/mol. The number of ether oxygens (including phenoxy) is 1. The van der Waals surface area contributed by atoms with E-state index in [1.807, 2.05) is 32.3 Å². The van der Waals surface area contributed by atoms with Crippen molar-refractivity contribution in [1.29, 1.82) is 0 Å². The van der Waals surface area contributed by atoms with E-state index in [9.17, 15) is 4.79 Å². The average Bonchev–Trinajstić information content (AvgIpc) is 3.21. The highest BCUT2D eigenvalue weighted by molar-refractivity contribution is 7.21. The number of para-hydroxylation sites is 1. The summed E-state index contributed by atoms with van der Waals surface area (Å²) in [5.41, 5.74) is 3.21. The zero-order chi connectivity index (χ0) is 23.3. The summed E-state index contributed by atoms with van der Waals surface area (Å²) in [6.45, 7) is 0.813. The normalized spacial score (nSPS) is 27.4. The van der Waals surface area contributed by atoms with E-state index >= 15 is 0 Å². The molecule has 7 rings (SSSR count). The second-order valence-corrected chi connectivity index (χ2v) is 12.1. The summed E-state index contributed by atoms with van der Waals surface area (Å²) < 4.78 is 7.30. The number of carbonyl (C=O) groups is 1. The van der Waals surface area contributed by atoms with E-state index in [1.54, 1.807) is 11.3 Å². The van der Waals surface area contributed by atoms with Crippen LogP contribution in [0.15, 0.2) is 42.5 Å². The van der Waals surface area contributed by atoms with Crippen molar-refractivity contribution in [1.82, 2.24) is 15.2 Å². The summed E-state index contributed by atoms with van der Waals surface area (Å²) in [6, 6.07) is 14.4. The molecule has 178 valence electrons. The number of hydrogen-bond acceptors (Lipinski definition) is 5. The fourth-order valence-electron chi connectivity index (χ4n) is 7.05. The SMILES string of the molecule is CN(C)Cc1cc(-c2nc3ccccc3s2)ccc1OCC(=O)NC12CC3CC(CC(C3)C1)C2. The number of nitrogens with one attached hydrogen (secondary N) is 1. The van der Waals surface area contributed by atoms with E-state index in [0.717, 1.165) is 71.0 Å². The van der Waals surface area contributed by atoms with Gasteiger partial charge in [-0.25, -0.2) is 4.98 Å². The van der Waals surface area contributed by atoms with Gasteiger partial charge in [0.15, 0.2) is 6.61 Å². The van der Waals surface area contributed by atoms with E-state index in [-0.39, 0.29) is 18.1 Å². The molecular weight excluding hydrogens is 442 g/mol. The molecule has 4 bridgehead atoms. The van der Waals surface area contributed by atoms with Crippen molar-refractivity contribution in [3.63, 3.8) is 0 Å². The van der Waals surface area contributed by atoms with Crippen molar-refractivity contribution >= 4 is 27.5 Å². The lowest BCUT2D eigenvalue weighted by Crippen LogP contribution is -2.60. The molecule has 0 saturated heterocycles. The number of aromatic nitrogens is 1. The molecule has 2 aromatic carbocycles. The molecule has 5 nitrogen and oxygen atoms in total. The fraction of sp³-hybridized carbons (Fsp3) is 0.500. The summed E-state index contributed by atoms with van der Waals surface area (Å²) in [5.74, 6) is 3.24. The van der Waals surface area contributed by atoms with Crippen molar-refractivity contribution in [2.24, 2.45) is 17.8 Å². The Kier molecular flexibility index (Phi) is 5.61. The van der Waals surface area contributed by atoms with Gasteiger partial charge in [0.05, 0.1) is 10.2 Å². The molecule has 0 spiro atoms. The predicted molar refractivity (Wildman–Crippen MR) is 137 cm³/mol. The molecule has 0 radical (unpaired) electrons. The van der Waals surface area contributed by atoms with Crippen LogP contribution in [0.1, 0.15) is 44.1 Å². The molecular formula is C28H33N3O2S. The minimum absolute atomic E-state index is 0.0213. The van der Waals surface area contributed by atoms with Crippen LogP contribution < -0.4 is 10.1 Å².